The van der Waals surface area contributed by atoms with Gasteiger partial charge in [-0.15, -0.1) is 6.42 Å². The molecule has 1 saturated heterocycles. The molecule has 4 unspecified atom stereocenters. The zero-order valence-electron chi connectivity index (χ0n) is 9.99. The Morgan fingerprint density at radius 2 is 2.35 bits per heavy atom. The van der Waals surface area contributed by atoms with E-state index in [1.165, 1.54) is 6.07 Å². The molecule has 2 rings (SSSR count). The summed E-state index contributed by atoms with van der Waals surface area (Å²) in [7, 11) is 0. The molecule has 108 valence electrons. The van der Waals surface area contributed by atoms with Crippen LogP contribution in [0.25, 0.3) is 0 Å². The molecule has 1 aliphatic rings. The van der Waals surface area contributed by atoms with Gasteiger partial charge in [-0.25, -0.2) is 9.18 Å². The molecule has 0 saturated carbocycles. The van der Waals surface area contributed by atoms with E-state index in [-0.39, 0.29) is 4.64 Å². The Morgan fingerprint density at radius 1 is 1.70 bits per heavy atom. The topological polar surface area (TPSA) is 108 Å². The third-order valence-corrected chi connectivity index (χ3v) is 3.30. The van der Waals surface area contributed by atoms with Crippen molar-refractivity contribution in [3.63, 3.8) is 0 Å². The number of ether oxygens (including phenoxy) is 1. The molecule has 1 aliphatic heterocycles. The van der Waals surface area contributed by atoms with Gasteiger partial charge in [0.15, 0.2) is 12.3 Å². The van der Waals surface area contributed by atoms with Crippen molar-refractivity contribution in [3.05, 3.63) is 27.4 Å². The van der Waals surface area contributed by atoms with Gasteiger partial charge in [-0.3, -0.25) is 9.55 Å². The minimum absolute atomic E-state index is 0.114. The minimum atomic E-state index is -2.99. The van der Waals surface area contributed by atoms with Crippen LogP contribution in [0.3, 0.4) is 0 Å². The summed E-state index contributed by atoms with van der Waals surface area (Å²) >= 11 is 4.73. The molecule has 0 amide bonds. The van der Waals surface area contributed by atoms with Gasteiger partial charge >= 0.3 is 5.69 Å². The molecule has 0 spiro atoms. The number of aliphatic hydroxyl groups excluding tert-OH is 2. The van der Waals surface area contributed by atoms with Crippen molar-refractivity contribution in [2.45, 2.75) is 23.8 Å². The molecule has 1 aromatic heterocycles. The van der Waals surface area contributed by atoms with Gasteiger partial charge in [0.1, 0.15) is 11.2 Å². The van der Waals surface area contributed by atoms with Crippen LogP contribution in [0.4, 0.5) is 4.39 Å². The number of halogens is 1. The highest BCUT2D eigenvalue weighted by Crippen LogP contribution is 2.44. The van der Waals surface area contributed by atoms with E-state index in [4.69, 9.17) is 28.5 Å². The van der Waals surface area contributed by atoms with Gasteiger partial charge in [0.2, 0.25) is 5.60 Å². The number of H-pyrrole nitrogens is 1. The lowest BCUT2D eigenvalue weighted by molar-refractivity contribution is -0.207. The van der Waals surface area contributed by atoms with Crippen LogP contribution >= 0.6 is 12.2 Å². The number of nitrogens with one attached hydrogen (secondary N) is 1. The standard InChI is InChI=1S/C11H11FN2O5S/c1-2-10(18)7(16)11(12,5-15)19-8(10)14-4-3-6(20)13-9(14)17/h1,3-4,7-8,15-16,18H,5H2,(H,13,17,20). The van der Waals surface area contributed by atoms with Crippen molar-refractivity contribution in [1.82, 2.24) is 9.55 Å². The van der Waals surface area contributed by atoms with Crippen LogP contribution in [0.2, 0.25) is 0 Å². The third-order valence-electron chi connectivity index (χ3n) is 3.06. The maximum Gasteiger partial charge on any atom is 0.328 e. The fourth-order valence-electron chi connectivity index (χ4n) is 1.96. The summed E-state index contributed by atoms with van der Waals surface area (Å²) in [6.07, 6.45) is 2.28. The van der Waals surface area contributed by atoms with Gasteiger partial charge in [0.05, 0.1) is 0 Å². The highest BCUT2D eigenvalue weighted by molar-refractivity contribution is 7.71. The number of aromatic amines is 1. The Morgan fingerprint density at radius 3 is 2.85 bits per heavy atom. The Hall–Kier alpha value is -1.57. The molecule has 0 bridgehead atoms. The predicted octanol–water partition coefficient (Wildman–Crippen LogP) is -1.18. The fraction of sp³-hybridized carbons (Fsp3) is 0.455. The molecule has 0 radical (unpaired) electrons. The number of aliphatic hydroxyl groups is 3. The Bertz CT molecular complexity index is 682. The van der Waals surface area contributed by atoms with Crippen LogP contribution in [-0.4, -0.2) is 49.0 Å². The predicted molar refractivity (Wildman–Crippen MR) is 66.7 cm³/mol. The summed E-state index contributed by atoms with van der Waals surface area (Å²) in [6.45, 7) is -1.24. The van der Waals surface area contributed by atoms with E-state index in [1.807, 2.05) is 0 Å². The van der Waals surface area contributed by atoms with Gasteiger partial charge < -0.3 is 20.1 Å². The molecule has 0 aliphatic carbocycles. The van der Waals surface area contributed by atoms with Crippen LogP contribution in [0.1, 0.15) is 6.23 Å². The molecule has 9 heteroatoms. The lowest BCUT2D eigenvalue weighted by Gasteiger charge is -2.26. The molecule has 2 heterocycles. The van der Waals surface area contributed by atoms with E-state index in [2.05, 4.69) is 4.98 Å². The van der Waals surface area contributed by atoms with E-state index >= 15 is 0 Å². The first kappa shape index (κ1) is 14.8. The zero-order chi connectivity index (χ0) is 15.1. The summed E-state index contributed by atoms with van der Waals surface area (Å²) in [5, 5.41) is 28.9. The van der Waals surface area contributed by atoms with Crippen LogP contribution < -0.4 is 5.69 Å². The number of nitrogens with zero attached hydrogens (tertiary/aromatic N) is 1. The van der Waals surface area contributed by atoms with Gasteiger partial charge in [-0.1, -0.05) is 18.1 Å². The number of hydrogen-bond donors (Lipinski definition) is 4. The quantitative estimate of drug-likeness (QED) is 0.404. The minimum Gasteiger partial charge on any atom is -0.390 e. The maximum atomic E-state index is 14.1. The molecule has 4 N–H and O–H groups in total. The van der Waals surface area contributed by atoms with Crippen LogP contribution in [0, 0.1) is 17.0 Å². The molecule has 0 aromatic carbocycles. The normalized spacial score (nSPS) is 36.8. The first-order chi connectivity index (χ1) is 9.28. The summed E-state index contributed by atoms with van der Waals surface area (Å²) in [5.41, 5.74) is -3.34. The van der Waals surface area contributed by atoms with Crippen molar-refractivity contribution in [1.29, 1.82) is 0 Å². The van der Waals surface area contributed by atoms with Crippen LogP contribution in [0.5, 0.6) is 0 Å². The summed E-state index contributed by atoms with van der Waals surface area (Å²) in [4.78, 5) is 14.0. The summed E-state index contributed by atoms with van der Waals surface area (Å²) in [5.74, 6) is -1.19. The lowest BCUT2D eigenvalue weighted by atomic mass is 9.94. The van der Waals surface area contributed by atoms with Gasteiger partial charge in [0.25, 0.3) is 5.85 Å². The van der Waals surface area contributed by atoms with Crippen molar-refractivity contribution in [2.24, 2.45) is 0 Å². The molecular formula is C11H11FN2O5S. The Kier molecular flexibility index (Phi) is 3.53. The first-order valence-electron chi connectivity index (χ1n) is 5.46. The average Bonchev–Trinajstić information content (AvgIpc) is 2.62. The van der Waals surface area contributed by atoms with Crippen molar-refractivity contribution in [2.75, 3.05) is 6.61 Å². The second-order valence-electron chi connectivity index (χ2n) is 4.30. The molecule has 7 nitrogen and oxygen atoms in total. The fourth-order valence-corrected chi connectivity index (χ4v) is 2.11. The number of rotatable bonds is 2. The molecule has 4 atom stereocenters. The van der Waals surface area contributed by atoms with E-state index in [1.54, 1.807) is 5.92 Å². The number of alkyl halides is 1. The van der Waals surface area contributed by atoms with E-state index in [0.717, 1.165) is 10.8 Å². The van der Waals surface area contributed by atoms with Crippen LogP contribution in [-0.2, 0) is 4.74 Å². The monoisotopic (exact) mass is 302 g/mol. The smallest absolute Gasteiger partial charge is 0.328 e. The van der Waals surface area contributed by atoms with E-state index in [0.29, 0.717) is 0 Å². The largest absolute Gasteiger partial charge is 0.390 e. The SMILES string of the molecule is C#CC1(O)C(n2ccc(=S)[nH]c2=O)OC(F)(CO)C1O. The molecule has 1 aromatic rings. The molecule has 1 fully saturated rings. The summed E-state index contributed by atoms with van der Waals surface area (Å²) in [6, 6.07) is 1.29. The number of hydrogen-bond acceptors (Lipinski definition) is 6. The molecule has 20 heavy (non-hydrogen) atoms. The third kappa shape index (κ3) is 1.98. The lowest BCUT2D eigenvalue weighted by Crippen LogP contribution is -2.50. The van der Waals surface area contributed by atoms with Gasteiger partial charge in [-0.05, 0) is 6.07 Å². The molecular weight excluding hydrogens is 291 g/mol. The van der Waals surface area contributed by atoms with E-state index < -0.39 is 36.1 Å². The van der Waals surface area contributed by atoms with Crippen molar-refractivity contribution in [3.8, 4) is 12.3 Å². The maximum absolute atomic E-state index is 14.1. The van der Waals surface area contributed by atoms with Gasteiger partial charge in [0, 0.05) is 6.20 Å². The Labute approximate surface area is 117 Å². The highest BCUT2D eigenvalue weighted by atomic mass is 32.1. The Balaban J connectivity index is 2.59. The van der Waals surface area contributed by atoms with E-state index in [9.17, 15) is 19.4 Å². The number of aromatic nitrogens is 2. The first-order valence-corrected chi connectivity index (χ1v) is 5.86. The van der Waals surface area contributed by atoms with Crippen molar-refractivity contribution < 1.29 is 24.4 Å². The van der Waals surface area contributed by atoms with Gasteiger partial charge in [-0.2, -0.15) is 0 Å². The second-order valence-corrected chi connectivity index (χ2v) is 4.74. The second kappa shape index (κ2) is 4.76. The van der Waals surface area contributed by atoms with Crippen molar-refractivity contribution >= 4 is 12.2 Å². The summed E-state index contributed by atoms with van der Waals surface area (Å²) < 4.78 is 19.8. The number of terminal acetylenes is 1. The average molecular weight is 302 g/mol. The van der Waals surface area contributed by atoms with Crippen LogP contribution in [0.15, 0.2) is 17.1 Å². The zero-order valence-corrected chi connectivity index (χ0v) is 10.8. The highest BCUT2D eigenvalue weighted by Gasteiger charge is 2.64.